The Hall–Kier alpha value is -0.870. The lowest BCUT2D eigenvalue weighted by atomic mass is 10.1. The molecule has 0 aliphatic carbocycles. The second-order valence-electron chi connectivity index (χ2n) is 2.58. The Morgan fingerprint density at radius 3 is 3.00 bits per heavy atom. The third-order valence-electron chi connectivity index (χ3n) is 1.87. The Morgan fingerprint density at radius 1 is 1.83 bits per heavy atom. The van der Waals surface area contributed by atoms with Crippen molar-refractivity contribution in [2.45, 2.75) is 5.60 Å². The number of carbonyl (C=O) groups excluding carboxylic acids is 1. The van der Waals surface area contributed by atoms with Crippen LogP contribution in [0.1, 0.15) is 4.88 Å². The highest BCUT2D eigenvalue weighted by molar-refractivity contribution is 7.10. The van der Waals surface area contributed by atoms with Crippen LogP contribution in [0.5, 0.6) is 0 Å². The topological polar surface area (TPSA) is 38.8 Å². The molecule has 0 spiro atoms. The highest BCUT2D eigenvalue weighted by Gasteiger charge is 2.56. The molecular weight excluding hydrogens is 176 g/mol. The van der Waals surface area contributed by atoms with E-state index in [0.29, 0.717) is 6.61 Å². The maximum Gasteiger partial charge on any atom is 0.346 e. The molecule has 2 rings (SSSR count). The third kappa shape index (κ3) is 0.956. The van der Waals surface area contributed by atoms with Crippen molar-refractivity contribution in [2.24, 2.45) is 0 Å². The lowest BCUT2D eigenvalue weighted by Crippen LogP contribution is -2.22. The molecule has 3 nitrogen and oxygen atoms in total. The minimum Gasteiger partial charge on any atom is -0.467 e. The Bertz CT molecular complexity index is 287. The van der Waals surface area contributed by atoms with Gasteiger partial charge in [-0.1, -0.05) is 6.07 Å². The number of carbonyl (C=O) groups is 1. The molecule has 1 aromatic rings. The van der Waals surface area contributed by atoms with E-state index in [9.17, 15) is 4.79 Å². The number of rotatable bonds is 2. The molecule has 1 saturated heterocycles. The van der Waals surface area contributed by atoms with Crippen LogP contribution in [0.15, 0.2) is 17.5 Å². The summed E-state index contributed by atoms with van der Waals surface area (Å²) in [7, 11) is 1.37. The number of esters is 1. The van der Waals surface area contributed by atoms with Gasteiger partial charge >= 0.3 is 5.97 Å². The Balaban J connectivity index is 2.28. The number of epoxide rings is 1. The monoisotopic (exact) mass is 184 g/mol. The molecule has 0 bridgehead atoms. The summed E-state index contributed by atoms with van der Waals surface area (Å²) in [6.45, 7) is 0.445. The first kappa shape index (κ1) is 7.76. The number of ether oxygens (including phenoxy) is 2. The second-order valence-corrected chi connectivity index (χ2v) is 3.53. The summed E-state index contributed by atoms with van der Waals surface area (Å²) < 4.78 is 9.77. The predicted octanol–water partition coefficient (Wildman–Crippen LogP) is 1.15. The van der Waals surface area contributed by atoms with E-state index < -0.39 is 5.60 Å². The molecule has 1 aliphatic heterocycles. The van der Waals surface area contributed by atoms with E-state index in [0.717, 1.165) is 4.88 Å². The van der Waals surface area contributed by atoms with Gasteiger partial charge in [-0.25, -0.2) is 4.79 Å². The van der Waals surface area contributed by atoms with Gasteiger partial charge in [0.15, 0.2) is 0 Å². The molecule has 4 heteroatoms. The molecule has 0 N–H and O–H groups in total. The van der Waals surface area contributed by atoms with Crippen molar-refractivity contribution < 1.29 is 14.3 Å². The van der Waals surface area contributed by atoms with E-state index in [1.165, 1.54) is 18.4 Å². The van der Waals surface area contributed by atoms with Crippen LogP contribution in [0.4, 0.5) is 0 Å². The average molecular weight is 184 g/mol. The average Bonchev–Trinajstić information content (AvgIpc) is 2.73. The fourth-order valence-electron chi connectivity index (χ4n) is 1.11. The molecule has 64 valence electrons. The molecule has 0 radical (unpaired) electrons. The molecule has 2 heterocycles. The summed E-state index contributed by atoms with van der Waals surface area (Å²) in [4.78, 5) is 12.2. The number of hydrogen-bond acceptors (Lipinski definition) is 4. The van der Waals surface area contributed by atoms with Crippen LogP contribution in [-0.2, 0) is 19.9 Å². The third-order valence-corrected chi connectivity index (χ3v) is 2.88. The van der Waals surface area contributed by atoms with Gasteiger partial charge in [0, 0.05) is 0 Å². The van der Waals surface area contributed by atoms with E-state index in [4.69, 9.17) is 4.74 Å². The van der Waals surface area contributed by atoms with E-state index in [-0.39, 0.29) is 5.97 Å². The van der Waals surface area contributed by atoms with Crippen LogP contribution in [-0.4, -0.2) is 19.7 Å². The SMILES string of the molecule is COC(=O)C1(c2cccs2)CO1. The molecule has 0 saturated carbocycles. The summed E-state index contributed by atoms with van der Waals surface area (Å²) >= 11 is 1.51. The normalized spacial score (nSPS) is 26.8. The van der Waals surface area contributed by atoms with Crippen LogP contribution in [0.2, 0.25) is 0 Å². The van der Waals surface area contributed by atoms with Crippen LogP contribution >= 0.6 is 11.3 Å². The van der Waals surface area contributed by atoms with E-state index >= 15 is 0 Å². The zero-order chi connectivity index (χ0) is 8.60. The lowest BCUT2D eigenvalue weighted by molar-refractivity contribution is -0.147. The van der Waals surface area contributed by atoms with Crippen molar-refractivity contribution in [3.8, 4) is 0 Å². The standard InChI is InChI=1S/C8H8O3S/c1-10-7(9)8(5-11-8)6-3-2-4-12-6/h2-4H,5H2,1H3. The zero-order valence-corrected chi connectivity index (χ0v) is 7.39. The van der Waals surface area contributed by atoms with Gasteiger partial charge in [-0.2, -0.15) is 0 Å². The van der Waals surface area contributed by atoms with Gasteiger partial charge in [0.05, 0.1) is 18.6 Å². The fourth-order valence-corrected chi connectivity index (χ4v) is 1.96. The Labute approximate surface area is 73.9 Å². The molecule has 0 amide bonds. The molecule has 1 aromatic heterocycles. The minimum atomic E-state index is -0.761. The number of hydrogen-bond donors (Lipinski definition) is 0. The quantitative estimate of drug-likeness (QED) is 0.511. The number of thiophene rings is 1. The molecule has 1 fully saturated rings. The van der Waals surface area contributed by atoms with Crippen LogP contribution in [0.3, 0.4) is 0 Å². The molecular formula is C8H8O3S. The number of methoxy groups -OCH3 is 1. The predicted molar refractivity (Wildman–Crippen MR) is 44.0 cm³/mol. The van der Waals surface area contributed by atoms with Gasteiger partial charge in [-0.05, 0) is 11.4 Å². The molecule has 12 heavy (non-hydrogen) atoms. The highest BCUT2D eigenvalue weighted by atomic mass is 32.1. The van der Waals surface area contributed by atoms with E-state index in [1.54, 1.807) is 0 Å². The van der Waals surface area contributed by atoms with Gasteiger partial charge < -0.3 is 9.47 Å². The smallest absolute Gasteiger partial charge is 0.346 e. The first-order valence-corrected chi connectivity index (χ1v) is 4.44. The minimum absolute atomic E-state index is 0.301. The van der Waals surface area contributed by atoms with E-state index in [2.05, 4.69) is 4.74 Å². The first-order chi connectivity index (χ1) is 5.79. The van der Waals surface area contributed by atoms with Gasteiger partial charge in [0.25, 0.3) is 0 Å². The van der Waals surface area contributed by atoms with Crippen LogP contribution in [0.25, 0.3) is 0 Å². The Morgan fingerprint density at radius 2 is 2.58 bits per heavy atom. The van der Waals surface area contributed by atoms with Crippen molar-refractivity contribution >= 4 is 17.3 Å². The van der Waals surface area contributed by atoms with Crippen molar-refractivity contribution in [2.75, 3.05) is 13.7 Å². The summed E-state index contributed by atoms with van der Waals surface area (Å²) in [6.07, 6.45) is 0. The van der Waals surface area contributed by atoms with Crippen LogP contribution in [0, 0.1) is 0 Å². The maximum absolute atomic E-state index is 11.3. The summed E-state index contributed by atoms with van der Waals surface area (Å²) in [6, 6.07) is 3.78. The molecule has 0 aromatic carbocycles. The van der Waals surface area contributed by atoms with Crippen molar-refractivity contribution in [3.63, 3.8) is 0 Å². The summed E-state index contributed by atoms with van der Waals surface area (Å²) in [5.41, 5.74) is -0.761. The second kappa shape index (κ2) is 2.57. The van der Waals surface area contributed by atoms with Gasteiger partial charge in [0.2, 0.25) is 5.60 Å². The van der Waals surface area contributed by atoms with Crippen molar-refractivity contribution in [1.29, 1.82) is 0 Å². The van der Waals surface area contributed by atoms with Gasteiger partial charge in [-0.15, -0.1) is 11.3 Å². The maximum atomic E-state index is 11.3. The largest absolute Gasteiger partial charge is 0.467 e. The first-order valence-electron chi connectivity index (χ1n) is 3.56. The molecule has 1 atom stereocenters. The summed E-state index contributed by atoms with van der Waals surface area (Å²) in [5.74, 6) is -0.301. The Kier molecular flexibility index (Phi) is 1.66. The molecule has 1 aliphatic rings. The van der Waals surface area contributed by atoms with Crippen LogP contribution < -0.4 is 0 Å². The van der Waals surface area contributed by atoms with Gasteiger partial charge in [-0.3, -0.25) is 0 Å². The lowest BCUT2D eigenvalue weighted by Gasteiger charge is -2.05. The zero-order valence-electron chi connectivity index (χ0n) is 6.57. The van der Waals surface area contributed by atoms with Crippen molar-refractivity contribution in [3.05, 3.63) is 22.4 Å². The van der Waals surface area contributed by atoms with Crippen molar-refractivity contribution in [1.82, 2.24) is 0 Å². The highest BCUT2D eigenvalue weighted by Crippen LogP contribution is 2.41. The van der Waals surface area contributed by atoms with E-state index in [1.807, 2.05) is 17.5 Å². The summed E-state index contributed by atoms with van der Waals surface area (Å²) in [5, 5.41) is 1.92. The fraction of sp³-hybridized carbons (Fsp3) is 0.375. The van der Waals surface area contributed by atoms with Gasteiger partial charge in [0.1, 0.15) is 0 Å². The molecule has 1 unspecified atom stereocenters.